The number of nitrogens with one attached hydrogen (secondary N) is 3. The average Bonchev–Trinajstić information content (AvgIpc) is 3.47. The van der Waals surface area contributed by atoms with Crippen LogP contribution >= 0.6 is 11.3 Å². The molecule has 0 radical (unpaired) electrons. The van der Waals surface area contributed by atoms with E-state index in [1.54, 1.807) is 23.5 Å². The molecule has 7 nitrogen and oxygen atoms in total. The molecule has 0 atom stereocenters. The molecule has 0 unspecified atom stereocenters. The van der Waals surface area contributed by atoms with Crippen molar-refractivity contribution in [2.24, 2.45) is 12.0 Å². The fourth-order valence-electron chi connectivity index (χ4n) is 3.17. The minimum Gasteiger partial charge on any atom is -0.361 e. The Morgan fingerprint density at radius 3 is 2.93 bits per heavy atom. The maximum Gasteiger partial charge on any atom is 0.192 e. The third kappa shape index (κ3) is 4.68. The van der Waals surface area contributed by atoms with Crippen LogP contribution in [-0.2, 0) is 26.6 Å². The lowest BCUT2D eigenvalue weighted by Gasteiger charge is -2.12. The highest BCUT2D eigenvalue weighted by molar-refractivity contribution is 7.09. The second-order valence-electron chi connectivity index (χ2n) is 7.00. The zero-order chi connectivity index (χ0) is 20.9. The van der Waals surface area contributed by atoms with Gasteiger partial charge in [-0.2, -0.15) is 0 Å². The summed E-state index contributed by atoms with van der Waals surface area (Å²) in [6.45, 7) is 3.70. The van der Waals surface area contributed by atoms with Crippen molar-refractivity contribution in [3.8, 4) is 0 Å². The van der Waals surface area contributed by atoms with Crippen LogP contribution in [0.4, 0.5) is 4.39 Å². The maximum atomic E-state index is 13.6. The molecule has 3 N–H and O–H groups in total. The molecular formula is C21H24FN7S. The molecule has 0 fully saturated rings. The van der Waals surface area contributed by atoms with Gasteiger partial charge in [-0.25, -0.2) is 9.38 Å². The molecule has 156 valence electrons. The van der Waals surface area contributed by atoms with Crippen LogP contribution in [0.1, 0.15) is 22.1 Å². The first kappa shape index (κ1) is 20.1. The molecule has 0 spiro atoms. The molecule has 0 aliphatic heterocycles. The van der Waals surface area contributed by atoms with Gasteiger partial charge < -0.3 is 20.2 Å². The number of aromatic nitrogens is 4. The van der Waals surface area contributed by atoms with Gasteiger partial charge in [-0.05, 0) is 48.6 Å². The number of aromatic amines is 1. The molecule has 9 heteroatoms. The zero-order valence-electron chi connectivity index (χ0n) is 16.9. The summed E-state index contributed by atoms with van der Waals surface area (Å²) in [5.41, 5.74) is 2.01. The number of aryl methyl sites for hydroxylation is 1. The second-order valence-corrected chi connectivity index (χ2v) is 8.03. The van der Waals surface area contributed by atoms with Crippen LogP contribution in [0.2, 0.25) is 0 Å². The molecule has 0 amide bonds. The molecular weight excluding hydrogens is 401 g/mol. The van der Waals surface area contributed by atoms with Crippen molar-refractivity contribution in [2.45, 2.75) is 26.4 Å². The minimum atomic E-state index is -0.227. The summed E-state index contributed by atoms with van der Waals surface area (Å²) in [6, 6.07) is 8.92. The summed E-state index contributed by atoms with van der Waals surface area (Å²) in [5, 5.41) is 18.0. The minimum absolute atomic E-state index is 0.227. The standard InChI is InChI=1S/C21H24FN7S/c1-14-27-28-20(29(14)2)13-26-21(25-12-17-4-3-9-30-17)23-8-7-15-11-24-19-6-5-16(22)10-18(15)19/h3-6,9-11,24H,7-8,12-13H2,1-2H3,(H2,23,25,26). The molecule has 3 aromatic heterocycles. The molecule has 0 saturated heterocycles. The van der Waals surface area contributed by atoms with Crippen molar-refractivity contribution >= 4 is 28.2 Å². The van der Waals surface area contributed by atoms with E-state index < -0.39 is 0 Å². The molecule has 0 aliphatic rings. The lowest BCUT2D eigenvalue weighted by atomic mass is 10.1. The summed E-state index contributed by atoms with van der Waals surface area (Å²) in [6.07, 6.45) is 2.68. The molecule has 4 rings (SSSR count). The van der Waals surface area contributed by atoms with Crippen LogP contribution in [0.25, 0.3) is 10.9 Å². The van der Waals surface area contributed by atoms with E-state index in [4.69, 9.17) is 0 Å². The Labute approximate surface area is 178 Å². The number of rotatable bonds is 7. The third-order valence-electron chi connectivity index (χ3n) is 4.99. The van der Waals surface area contributed by atoms with Gasteiger partial charge in [0.15, 0.2) is 11.8 Å². The van der Waals surface area contributed by atoms with E-state index in [1.165, 1.54) is 10.9 Å². The van der Waals surface area contributed by atoms with Crippen LogP contribution in [0.15, 0.2) is 46.9 Å². The van der Waals surface area contributed by atoms with Crippen molar-refractivity contribution < 1.29 is 4.39 Å². The van der Waals surface area contributed by atoms with Gasteiger partial charge in [-0.3, -0.25) is 0 Å². The molecule has 0 saturated carbocycles. The van der Waals surface area contributed by atoms with E-state index in [-0.39, 0.29) is 5.82 Å². The predicted octanol–water partition coefficient (Wildman–Crippen LogP) is 3.28. The van der Waals surface area contributed by atoms with Gasteiger partial charge in [0.2, 0.25) is 0 Å². The van der Waals surface area contributed by atoms with Gasteiger partial charge in [0.1, 0.15) is 18.2 Å². The summed E-state index contributed by atoms with van der Waals surface area (Å²) in [7, 11) is 1.93. The third-order valence-corrected chi connectivity index (χ3v) is 5.86. The van der Waals surface area contributed by atoms with Crippen LogP contribution in [-0.4, -0.2) is 32.3 Å². The highest BCUT2D eigenvalue weighted by Gasteiger charge is 2.08. The van der Waals surface area contributed by atoms with Crippen molar-refractivity contribution in [3.05, 3.63) is 69.8 Å². The topological polar surface area (TPSA) is 82.9 Å². The van der Waals surface area contributed by atoms with E-state index in [9.17, 15) is 4.39 Å². The van der Waals surface area contributed by atoms with Crippen molar-refractivity contribution in [1.82, 2.24) is 30.4 Å². The number of fused-ring (bicyclic) bond motifs is 1. The van der Waals surface area contributed by atoms with E-state index in [0.717, 1.165) is 34.5 Å². The predicted molar refractivity (Wildman–Crippen MR) is 118 cm³/mol. The van der Waals surface area contributed by atoms with Gasteiger partial charge in [0.05, 0.1) is 6.54 Å². The number of benzene rings is 1. The summed E-state index contributed by atoms with van der Waals surface area (Å²) >= 11 is 1.70. The van der Waals surface area contributed by atoms with Crippen molar-refractivity contribution in [1.29, 1.82) is 0 Å². The first-order chi connectivity index (χ1) is 14.6. The Balaban J connectivity index is 1.42. The van der Waals surface area contributed by atoms with Crippen LogP contribution in [0, 0.1) is 12.7 Å². The monoisotopic (exact) mass is 425 g/mol. The first-order valence-electron chi connectivity index (χ1n) is 9.75. The summed E-state index contributed by atoms with van der Waals surface area (Å²) < 4.78 is 15.5. The summed E-state index contributed by atoms with van der Waals surface area (Å²) in [5.74, 6) is 2.13. The second kappa shape index (κ2) is 9.08. The lowest BCUT2D eigenvalue weighted by Crippen LogP contribution is -2.38. The van der Waals surface area contributed by atoms with Gasteiger partial charge >= 0.3 is 0 Å². The van der Waals surface area contributed by atoms with Crippen molar-refractivity contribution in [3.63, 3.8) is 0 Å². The molecule has 1 aromatic carbocycles. The van der Waals surface area contributed by atoms with Gasteiger partial charge in [0.25, 0.3) is 0 Å². The molecule has 4 aromatic rings. The fourth-order valence-corrected chi connectivity index (χ4v) is 3.81. The SMILES string of the molecule is Cc1nnc(CN=C(NCCc2c[nH]c3ccc(F)cc23)NCc2cccs2)n1C. The lowest BCUT2D eigenvalue weighted by molar-refractivity contribution is 0.629. The molecule has 30 heavy (non-hydrogen) atoms. The number of aliphatic imine (C=N–C) groups is 1. The molecule has 3 heterocycles. The number of guanidine groups is 1. The van der Waals surface area contributed by atoms with Crippen LogP contribution < -0.4 is 10.6 Å². The van der Waals surface area contributed by atoms with E-state index in [0.29, 0.717) is 25.6 Å². The number of thiophene rings is 1. The average molecular weight is 426 g/mol. The van der Waals surface area contributed by atoms with Crippen LogP contribution in [0.3, 0.4) is 0 Å². The highest BCUT2D eigenvalue weighted by atomic mass is 32.1. The number of nitrogens with zero attached hydrogens (tertiary/aromatic N) is 4. The van der Waals surface area contributed by atoms with Crippen LogP contribution in [0.5, 0.6) is 0 Å². The fraction of sp³-hybridized carbons (Fsp3) is 0.286. The Bertz CT molecular complexity index is 1140. The smallest absolute Gasteiger partial charge is 0.192 e. The largest absolute Gasteiger partial charge is 0.361 e. The van der Waals surface area contributed by atoms with Gasteiger partial charge in [0, 0.05) is 35.6 Å². The molecule has 0 aliphatic carbocycles. The normalized spacial score (nSPS) is 11.9. The maximum absolute atomic E-state index is 13.6. The number of halogens is 1. The first-order valence-corrected chi connectivity index (χ1v) is 10.6. The van der Waals surface area contributed by atoms with Gasteiger partial charge in [-0.15, -0.1) is 21.5 Å². The Hall–Kier alpha value is -3.20. The molecule has 0 bridgehead atoms. The quantitative estimate of drug-likeness (QED) is 0.313. The Morgan fingerprint density at radius 2 is 2.17 bits per heavy atom. The highest BCUT2D eigenvalue weighted by Crippen LogP contribution is 2.19. The van der Waals surface area contributed by atoms with Gasteiger partial charge in [-0.1, -0.05) is 6.07 Å². The van der Waals surface area contributed by atoms with E-state index in [1.807, 2.05) is 30.8 Å². The summed E-state index contributed by atoms with van der Waals surface area (Å²) in [4.78, 5) is 9.09. The Kier molecular flexibility index (Phi) is 6.08. The Morgan fingerprint density at radius 1 is 1.27 bits per heavy atom. The number of hydrogen-bond acceptors (Lipinski definition) is 4. The zero-order valence-corrected chi connectivity index (χ0v) is 17.8. The van der Waals surface area contributed by atoms with E-state index in [2.05, 4.69) is 42.3 Å². The van der Waals surface area contributed by atoms with E-state index >= 15 is 0 Å². The van der Waals surface area contributed by atoms with Crippen molar-refractivity contribution in [2.75, 3.05) is 6.54 Å². The number of H-pyrrole nitrogens is 1. The number of hydrogen-bond donors (Lipinski definition) is 3.